The molecule has 0 fully saturated rings. The van der Waals surface area contributed by atoms with Crippen molar-refractivity contribution < 1.29 is 17.9 Å². The van der Waals surface area contributed by atoms with Crippen LogP contribution in [0.3, 0.4) is 0 Å². The summed E-state index contributed by atoms with van der Waals surface area (Å²) in [5.74, 6) is 1.45. The summed E-state index contributed by atoms with van der Waals surface area (Å²) >= 11 is 3.19. The topological polar surface area (TPSA) is 59.1 Å². The first-order chi connectivity index (χ1) is 16.9. The molecule has 0 saturated carbocycles. The van der Waals surface area contributed by atoms with Crippen molar-refractivity contribution in [2.45, 2.75) is 29.4 Å². The van der Waals surface area contributed by atoms with Gasteiger partial charge in [0, 0.05) is 42.2 Å². The lowest BCUT2D eigenvalue weighted by Crippen LogP contribution is -2.33. The summed E-state index contributed by atoms with van der Waals surface area (Å²) in [6.45, 7) is 11.3. The Morgan fingerprint density at radius 1 is 1.00 bits per heavy atom. The van der Waals surface area contributed by atoms with Crippen molar-refractivity contribution in [3.8, 4) is 11.5 Å². The van der Waals surface area contributed by atoms with Crippen LogP contribution < -0.4 is 9.47 Å². The molecule has 0 atom stereocenters. The number of thiophene rings is 1. The van der Waals surface area contributed by atoms with E-state index in [1.807, 2.05) is 6.07 Å². The van der Waals surface area contributed by atoms with Gasteiger partial charge in [0.15, 0.2) is 0 Å². The molecule has 1 aromatic heterocycles. The predicted molar refractivity (Wildman–Crippen MR) is 140 cm³/mol. The maximum Gasteiger partial charge on any atom is 0.206 e. The smallest absolute Gasteiger partial charge is 0.206 e. The maximum atomic E-state index is 13.6. The lowest BCUT2D eigenvalue weighted by molar-refractivity contribution is 0.0894. The summed E-state index contributed by atoms with van der Waals surface area (Å²) in [5.41, 5.74) is 1.72. The maximum absolute atomic E-state index is 13.6. The van der Waals surface area contributed by atoms with Crippen LogP contribution in [-0.4, -0.2) is 38.2 Å². The summed E-state index contributed by atoms with van der Waals surface area (Å²) in [5, 5.41) is 3.80. The highest BCUT2D eigenvalue weighted by Gasteiger charge is 2.26. The molecular formula is C26H26N2O4S3. The van der Waals surface area contributed by atoms with Gasteiger partial charge in [-0.25, -0.2) is 8.42 Å². The summed E-state index contributed by atoms with van der Waals surface area (Å²) in [6.07, 6.45) is 0. The molecule has 0 spiro atoms. The molecule has 0 saturated heterocycles. The van der Waals surface area contributed by atoms with Crippen LogP contribution in [-0.2, 0) is 29.5 Å². The molecule has 35 heavy (non-hydrogen) atoms. The van der Waals surface area contributed by atoms with E-state index in [0.29, 0.717) is 38.8 Å². The second-order valence-electron chi connectivity index (χ2n) is 8.47. The highest BCUT2D eigenvalue weighted by Crippen LogP contribution is 2.34. The molecule has 2 aliphatic heterocycles. The molecule has 0 bridgehead atoms. The highest BCUT2D eigenvalue weighted by atomic mass is 32.2. The zero-order valence-electron chi connectivity index (χ0n) is 19.2. The lowest BCUT2D eigenvalue weighted by atomic mass is 10.1. The summed E-state index contributed by atoms with van der Waals surface area (Å²) in [4.78, 5) is 6.97. The number of ether oxygens (including phenoxy) is 2. The van der Waals surface area contributed by atoms with E-state index in [-0.39, 0.29) is 9.79 Å². The minimum absolute atomic E-state index is 0.258. The number of rotatable bonds is 8. The Bertz CT molecular complexity index is 1350. The zero-order valence-corrected chi connectivity index (χ0v) is 21.6. The molecule has 9 heteroatoms. The average molecular weight is 527 g/mol. The SMILES string of the molecule is C=CSC(=C)CN1COc2ccc(S(=O)(=O)c3ccc4c(c3)CN(Cc3cccs3)CO4)cc2C1. The second kappa shape index (κ2) is 10.2. The lowest BCUT2D eigenvalue weighted by Gasteiger charge is -2.29. The summed E-state index contributed by atoms with van der Waals surface area (Å²) in [6, 6.07) is 14.3. The molecule has 3 aromatic rings. The van der Waals surface area contributed by atoms with E-state index >= 15 is 0 Å². The largest absolute Gasteiger partial charge is 0.478 e. The molecule has 2 aromatic carbocycles. The molecule has 0 unspecified atom stereocenters. The van der Waals surface area contributed by atoms with Crippen LogP contribution in [0.5, 0.6) is 11.5 Å². The number of hydrogen-bond acceptors (Lipinski definition) is 8. The van der Waals surface area contributed by atoms with E-state index in [9.17, 15) is 8.42 Å². The van der Waals surface area contributed by atoms with Crippen molar-refractivity contribution in [1.29, 1.82) is 0 Å². The number of benzene rings is 2. The zero-order chi connectivity index (χ0) is 24.4. The molecule has 0 N–H and O–H groups in total. The van der Waals surface area contributed by atoms with E-state index in [4.69, 9.17) is 9.47 Å². The Kier molecular flexibility index (Phi) is 7.04. The Balaban J connectivity index is 1.36. The number of thioether (sulfide) groups is 1. The van der Waals surface area contributed by atoms with E-state index in [1.165, 1.54) is 16.6 Å². The molecule has 182 valence electrons. The fourth-order valence-electron chi connectivity index (χ4n) is 4.24. The molecular weight excluding hydrogens is 500 g/mol. The van der Waals surface area contributed by atoms with Gasteiger partial charge in [0.05, 0.1) is 9.79 Å². The van der Waals surface area contributed by atoms with Crippen LogP contribution in [0.15, 0.2) is 87.2 Å². The molecule has 2 aliphatic rings. The fourth-order valence-corrected chi connectivity index (χ4v) is 6.84. The van der Waals surface area contributed by atoms with Crippen molar-refractivity contribution in [2.75, 3.05) is 20.0 Å². The predicted octanol–water partition coefficient (Wildman–Crippen LogP) is 5.48. The first kappa shape index (κ1) is 24.1. The highest BCUT2D eigenvalue weighted by molar-refractivity contribution is 8.05. The van der Waals surface area contributed by atoms with E-state index in [0.717, 1.165) is 28.3 Å². The summed E-state index contributed by atoms with van der Waals surface area (Å²) in [7, 11) is -3.70. The number of sulfone groups is 1. The number of hydrogen-bond donors (Lipinski definition) is 0. The quantitative estimate of drug-likeness (QED) is 0.385. The van der Waals surface area contributed by atoms with Gasteiger partial charge < -0.3 is 9.47 Å². The third kappa shape index (κ3) is 5.34. The fraction of sp³-hybridized carbons (Fsp3) is 0.231. The Labute approximate surface area is 214 Å². The van der Waals surface area contributed by atoms with Gasteiger partial charge in [-0.3, -0.25) is 9.80 Å². The monoisotopic (exact) mass is 526 g/mol. The van der Waals surface area contributed by atoms with Crippen molar-refractivity contribution in [3.63, 3.8) is 0 Å². The van der Waals surface area contributed by atoms with E-state index < -0.39 is 9.84 Å². The van der Waals surface area contributed by atoms with Crippen LogP contribution in [0, 0.1) is 0 Å². The first-order valence-electron chi connectivity index (χ1n) is 11.1. The van der Waals surface area contributed by atoms with Gasteiger partial charge >= 0.3 is 0 Å². The molecule has 0 aliphatic carbocycles. The van der Waals surface area contributed by atoms with Crippen molar-refractivity contribution in [3.05, 3.63) is 93.4 Å². The molecule has 6 nitrogen and oxygen atoms in total. The van der Waals surface area contributed by atoms with E-state index in [1.54, 1.807) is 53.1 Å². The van der Waals surface area contributed by atoms with Crippen LogP contribution in [0.1, 0.15) is 16.0 Å². The van der Waals surface area contributed by atoms with Crippen LogP contribution >= 0.6 is 23.1 Å². The van der Waals surface area contributed by atoms with Crippen LogP contribution in [0.25, 0.3) is 0 Å². The Morgan fingerprint density at radius 2 is 1.63 bits per heavy atom. The summed E-state index contributed by atoms with van der Waals surface area (Å²) < 4.78 is 38.8. The van der Waals surface area contributed by atoms with Gasteiger partial charge in [-0.15, -0.1) is 23.1 Å². The van der Waals surface area contributed by atoms with Crippen molar-refractivity contribution in [2.24, 2.45) is 0 Å². The molecule has 0 amide bonds. The van der Waals surface area contributed by atoms with Crippen molar-refractivity contribution >= 4 is 32.9 Å². The minimum atomic E-state index is -3.70. The van der Waals surface area contributed by atoms with Gasteiger partial charge in [0.2, 0.25) is 9.84 Å². The number of fused-ring (bicyclic) bond motifs is 2. The minimum Gasteiger partial charge on any atom is -0.478 e. The number of nitrogens with zero attached hydrogens (tertiary/aromatic N) is 2. The van der Waals surface area contributed by atoms with Gasteiger partial charge in [-0.2, -0.15) is 0 Å². The molecule has 3 heterocycles. The Morgan fingerprint density at radius 3 is 2.23 bits per heavy atom. The third-order valence-corrected chi connectivity index (χ3v) is 9.13. The average Bonchev–Trinajstić information content (AvgIpc) is 3.36. The van der Waals surface area contributed by atoms with Crippen LogP contribution in [0.2, 0.25) is 0 Å². The second-order valence-corrected chi connectivity index (χ2v) is 12.6. The van der Waals surface area contributed by atoms with Gasteiger partial charge in [0.25, 0.3) is 0 Å². The van der Waals surface area contributed by atoms with Gasteiger partial charge in [-0.05, 0) is 58.2 Å². The van der Waals surface area contributed by atoms with Gasteiger partial charge in [-0.1, -0.05) is 19.2 Å². The van der Waals surface area contributed by atoms with Crippen molar-refractivity contribution in [1.82, 2.24) is 9.80 Å². The normalized spacial score (nSPS) is 16.0. The van der Waals surface area contributed by atoms with Gasteiger partial charge in [0.1, 0.15) is 25.0 Å². The molecule has 0 radical (unpaired) electrons. The Hall–Kier alpha value is -2.56. The third-order valence-electron chi connectivity index (χ3n) is 5.89. The van der Waals surface area contributed by atoms with E-state index in [2.05, 4.69) is 34.4 Å². The first-order valence-corrected chi connectivity index (χ1v) is 14.4. The molecule has 5 rings (SSSR count). The van der Waals surface area contributed by atoms with Crippen LogP contribution in [0.4, 0.5) is 0 Å². The standard InChI is InChI=1S/C26H26N2O4S3/c1-3-33-19(2)13-27-14-20-11-23(6-8-25(20)31-17-27)35(29,30)24-7-9-26-21(12-24)15-28(18-32-26)16-22-5-4-10-34-22/h3-12H,1-2,13-18H2.